The van der Waals surface area contributed by atoms with Gasteiger partial charge in [0.1, 0.15) is 17.4 Å². The van der Waals surface area contributed by atoms with E-state index in [9.17, 15) is 10.1 Å². The van der Waals surface area contributed by atoms with E-state index >= 15 is 0 Å². The van der Waals surface area contributed by atoms with Crippen molar-refractivity contribution >= 4 is 33.6 Å². The van der Waals surface area contributed by atoms with Crippen LogP contribution in [0.1, 0.15) is 12.5 Å². The second kappa shape index (κ2) is 8.16. The molecule has 0 saturated heterocycles. The lowest BCUT2D eigenvalue weighted by atomic mass is 10.1. The molecule has 0 spiro atoms. The number of nitrogens with zero attached hydrogens (tertiary/aromatic N) is 1. The molecule has 0 radical (unpaired) electrons. The molecule has 0 unspecified atom stereocenters. The number of nitriles is 1. The van der Waals surface area contributed by atoms with Crippen molar-refractivity contribution in [2.45, 2.75) is 6.92 Å². The van der Waals surface area contributed by atoms with Crippen LogP contribution in [0.4, 0.5) is 5.69 Å². The first-order chi connectivity index (χ1) is 11.1. The van der Waals surface area contributed by atoms with Crippen molar-refractivity contribution < 1.29 is 9.53 Å². The minimum atomic E-state index is -0.445. The quantitative estimate of drug-likeness (QED) is 0.626. The Morgan fingerprint density at radius 1 is 1.22 bits per heavy atom. The normalized spacial score (nSPS) is 10.7. The molecular weight excluding hydrogens is 356 g/mol. The first kappa shape index (κ1) is 16.8. The lowest BCUT2D eigenvalue weighted by Crippen LogP contribution is -2.13. The zero-order valence-corrected chi connectivity index (χ0v) is 14.1. The molecule has 116 valence electrons. The minimum Gasteiger partial charge on any atom is -0.494 e. The largest absolute Gasteiger partial charge is 0.494 e. The first-order valence-electron chi connectivity index (χ1n) is 7.04. The maximum absolute atomic E-state index is 12.2. The highest BCUT2D eigenvalue weighted by Gasteiger charge is 2.09. The monoisotopic (exact) mass is 370 g/mol. The minimum absolute atomic E-state index is 0.0428. The molecule has 0 aliphatic heterocycles. The van der Waals surface area contributed by atoms with Crippen LogP contribution in [0.25, 0.3) is 6.08 Å². The van der Waals surface area contributed by atoms with E-state index in [2.05, 4.69) is 21.2 Å². The molecule has 2 rings (SSSR count). The summed E-state index contributed by atoms with van der Waals surface area (Å²) in [5.74, 6) is 0.288. The van der Waals surface area contributed by atoms with Gasteiger partial charge in [0.25, 0.3) is 5.91 Å². The predicted molar refractivity (Wildman–Crippen MR) is 94.0 cm³/mol. The average Bonchev–Trinajstić information content (AvgIpc) is 2.56. The van der Waals surface area contributed by atoms with E-state index in [0.29, 0.717) is 12.3 Å². The lowest BCUT2D eigenvalue weighted by Gasteiger charge is -2.06. The smallest absolute Gasteiger partial charge is 0.266 e. The number of amides is 1. The summed E-state index contributed by atoms with van der Waals surface area (Å²) in [5.41, 5.74) is 1.43. The van der Waals surface area contributed by atoms with Gasteiger partial charge in [-0.15, -0.1) is 0 Å². The van der Waals surface area contributed by atoms with Crippen LogP contribution in [0.3, 0.4) is 0 Å². The topological polar surface area (TPSA) is 62.1 Å². The number of rotatable bonds is 5. The molecule has 0 saturated carbocycles. The number of hydrogen-bond donors (Lipinski definition) is 1. The number of hydrogen-bond acceptors (Lipinski definition) is 3. The SMILES string of the molecule is CCOc1ccc(NC(=O)/C(C#N)=C/c2ccc(Br)cc2)cc1. The van der Waals surface area contributed by atoms with Gasteiger partial charge in [0.05, 0.1) is 6.61 Å². The molecule has 1 amide bonds. The van der Waals surface area contributed by atoms with Gasteiger partial charge in [-0.2, -0.15) is 5.26 Å². The van der Waals surface area contributed by atoms with Gasteiger partial charge < -0.3 is 10.1 Å². The molecule has 0 fully saturated rings. The molecule has 0 aromatic heterocycles. The Morgan fingerprint density at radius 3 is 2.43 bits per heavy atom. The standard InChI is InChI=1S/C18H15BrN2O2/c1-2-23-17-9-7-16(8-10-17)21-18(22)14(12-20)11-13-3-5-15(19)6-4-13/h3-11H,2H2,1H3,(H,21,22)/b14-11+. The van der Waals surface area contributed by atoms with E-state index in [1.54, 1.807) is 30.3 Å². The highest BCUT2D eigenvalue weighted by Crippen LogP contribution is 2.17. The van der Waals surface area contributed by atoms with Crippen molar-refractivity contribution in [3.63, 3.8) is 0 Å². The van der Waals surface area contributed by atoms with Crippen molar-refractivity contribution in [3.8, 4) is 11.8 Å². The summed E-state index contributed by atoms with van der Waals surface area (Å²) >= 11 is 3.34. The van der Waals surface area contributed by atoms with Gasteiger partial charge in [0.2, 0.25) is 0 Å². The van der Waals surface area contributed by atoms with Gasteiger partial charge in [0, 0.05) is 10.2 Å². The number of carbonyl (C=O) groups is 1. The zero-order valence-electron chi connectivity index (χ0n) is 12.5. The van der Waals surface area contributed by atoms with Crippen LogP contribution in [-0.4, -0.2) is 12.5 Å². The summed E-state index contributed by atoms with van der Waals surface area (Å²) in [4.78, 5) is 12.2. The van der Waals surface area contributed by atoms with Crippen LogP contribution in [0.2, 0.25) is 0 Å². The molecule has 2 aromatic rings. The van der Waals surface area contributed by atoms with E-state index in [4.69, 9.17) is 4.74 Å². The summed E-state index contributed by atoms with van der Waals surface area (Å²) in [6.07, 6.45) is 1.55. The number of ether oxygens (including phenoxy) is 1. The van der Waals surface area contributed by atoms with Crippen molar-refractivity contribution in [2.24, 2.45) is 0 Å². The Hall–Kier alpha value is -2.58. The van der Waals surface area contributed by atoms with Crippen LogP contribution in [0, 0.1) is 11.3 Å². The van der Waals surface area contributed by atoms with Gasteiger partial charge in [-0.25, -0.2) is 0 Å². The van der Waals surface area contributed by atoms with Crippen molar-refractivity contribution in [2.75, 3.05) is 11.9 Å². The van der Waals surface area contributed by atoms with Crippen LogP contribution >= 0.6 is 15.9 Å². The third-order valence-electron chi connectivity index (χ3n) is 2.97. The summed E-state index contributed by atoms with van der Waals surface area (Å²) < 4.78 is 6.28. The Bertz CT molecular complexity index is 744. The van der Waals surface area contributed by atoms with E-state index in [1.807, 2.05) is 37.3 Å². The van der Waals surface area contributed by atoms with E-state index < -0.39 is 5.91 Å². The van der Waals surface area contributed by atoms with Crippen LogP contribution in [0.5, 0.6) is 5.75 Å². The Kier molecular flexibility index (Phi) is 5.95. The fourth-order valence-corrected chi connectivity index (χ4v) is 2.14. The summed E-state index contributed by atoms with van der Waals surface area (Å²) in [7, 11) is 0. The van der Waals surface area contributed by atoms with Crippen LogP contribution in [-0.2, 0) is 4.79 Å². The second-order valence-electron chi connectivity index (χ2n) is 4.63. The van der Waals surface area contributed by atoms with Gasteiger partial charge >= 0.3 is 0 Å². The van der Waals surface area contributed by atoms with E-state index in [-0.39, 0.29) is 5.57 Å². The summed E-state index contributed by atoms with van der Waals surface area (Å²) in [6.45, 7) is 2.49. The molecule has 23 heavy (non-hydrogen) atoms. The highest BCUT2D eigenvalue weighted by atomic mass is 79.9. The molecule has 2 aromatic carbocycles. The third-order valence-corrected chi connectivity index (χ3v) is 3.50. The summed E-state index contributed by atoms with van der Waals surface area (Å²) in [6, 6.07) is 16.3. The number of anilines is 1. The number of benzene rings is 2. The Labute approximate surface area is 143 Å². The molecule has 5 heteroatoms. The molecule has 0 atom stereocenters. The molecule has 1 N–H and O–H groups in total. The number of halogens is 1. The molecule has 0 aliphatic rings. The van der Waals surface area contributed by atoms with Crippen LogP contribution < -0.4 is 10.1 Å². The summed E-state index contributed by atoms with van der Waals surface area (Å²) in [5, 5.41) is 11.9. The predicted octanol–water partition coefficient (Wildman–Crippen LogP) is 4.39. The highest BCUT2D eigenvalue weighted by molar-refractivity contribution is 9.10. The number of carbonyl (C=O) groups excluding carboxylic acids is 1. The Balaban J connectivity index is 2.11. The van der Waals surface area contributed by atoms with Crippen molar-refractivity contribution in [1.82, 2.24) is 0 Å². The molecule has 4 nitrogen and oxygen atoms in total. The van der Waals surface area contributed by atoms with Gasteiger partial charge in [-0.1, -0.05) is 28.1 Å². The third kappa shape index (κ3) is 4.97. The maximum Gasteiger partial charge on any atom is 0.266 e. The zero-order chi connectivity index (χ0) is 16.7. The molecular formula is C18H15BrN2O2. The number of nitrogens with one attached hydrogen (secondary N) is 1. The lowest BCUT2D eigenvalue weighted by molar-refractivity contribution is -0.112. The molecule has 0 aliphatic carbocycles. The van der Waals surface area contributed by atoms with Crippen molar-refractivity contribution in [3.05, 3.63) is 64.1 Å². The molecule has 0 heterocycles. The van der Waals surface area contributed by atoms with Gasteiger partial charge in [-0.3, -0.25) is 4.79 Å². The van der Waals surface area contributed by atoms with Crippen LogP contribution in [0.15, 0.2) is 58.6 Å². The van der Waals surface area contributed by atoms with Gasteiger partial charge in [0.15, 0.2) is 0 Å². The first-order valence-corrected chi connectivity index (χ1v) is 7.83. The van der Waals surface area contributed by atoms with Crippen molar-refractivity contribution in [1.29, 1.82) is 5.26 Å². The molecule has 0 bridgehead atoms. The van der Waals surface area contributed by atoms with E-state index in [1.165, 1.54) is 0 Å². The Morgan fingerprint density at radius 2 is 1.87 bits per heavy atom. The fraction of sp³-hybridized carbons (Fsp3) is 0.111. The average molecular weight is 371 g/mol. The maximum atomic E-state index is 12.2. The second-order valence-corrected chi connectivity index (χ2v) is 5.55. The van der Waals surface area contributed by atoms with E-state index in [0.717, 1.165) is 15.8 Å². The van der Waals surface area contributed by atoms with Gasteiger partial charge in [-0.05, 0) is 55.0 Å². The fourth-order valence-electron chi connectivity index (χ4n) is 1.87.